The van der Waals surface area contributed by atoms with E-state index in [1.165, 1.54) is 33.3 Å². The van der Waals surface area contributed by atoms with Crippen molar-refractivity contribution in [2.45, 2.75) is 39.8 Å². The van der Waals surface area contributed by atoms with Crippen LogP contribution >= 0.6 is 8.07 Å². The van der Waals surface area contributed by atoms with Crippen molar-refractivity contribution in [3.05, 3.63) is 58.2 Å². The Morgan fingerprint density at radius 3 is 1.95 bits per heavy atom. The van der Waals surface area contributed by atoms with Crippen LogP contribution in [0.15, 0.2) is 57.4 Å². The van der Waals surface area contributed by atoms with Crippen LogP contribution in [0.25, 0.3) is 0 Å². The van der Waals surface area contributed by atoms with Crippen molar-refractivity contribution < 1.29 is 0 Å². The van der Waals surface area contributed by atoms with Gasteiger partial charge in [0, 0.05) is 5.56 Å². The summed E-state index contributed by atoms with van der Waals surface area (Å²) >= 11 is 0. The second-order valence-corrected chi connectivity index (χ2v) is 7.82. The standard InChI is InChI=1S/C17H20NP/c1-11-12(2)14(4)17(5,13(11)3)19-16(18-19)15-9-7-6-8-10-15/h6-10H,1-5H3. The van der Waals surface area contributed by atoms with E-state index in [9.17, 15) is 0 Å². The number of nitrogens with zero attached hydrogens (tertiary/aromatic N) is 1. The Balaban J connectivity index is 1.95. The number of hydrogen-bond donors (Lipinski definition) is 0. The van der Waals surface area contributed by atoms with Gasteiger partial charge < -0.3 is 0 Å². The first kappa shape index (κ1) is 12.8. The van der Waals surface area contributed by atoms with Gasteiger partial charge in [-0.15, -0.1) is 0 Å². The second-order valence-electron chi connectivity index (χ2n) is 5.67. The Morgan fingerprint density at radius 2 is 1.42 bits per heavy atom. The lowest BCUT2D eigenvalue weighted by Crippen LogP contribution is -2.21. The van der Waals surface area contributed by atoms with Gasteiger partial charge in [-0.05, 0) is 45.8 Å². The number of allylic oxidation sites excluding steroid dienone is 4. The van der Waals surface area contributed by atoms with Crippen molar-refractivity contribution in [2.24, 2.45) is 4.76 Å². The Kier molecular flexibility index (Phi) is 2.80. The highest BCUT2D eigenvalue weighted by Gasteiger charge is 2.51. The molecule has 1 atom stereocenters. The molecule has 0 spiro atoms. The Hall–Kier alpha value is -1.20. The van der Waals surface area contributed by atoms with Gasteiger partial charge in [-0.3, -0.25) is 4.76 Å². The number of rotatable bonds is 2. The molecule has 0 amide bonds. The average molecular weight is 269 g/mol. The van der Waals surface area contributed by atoms with Crippen molar-refractivity contribution in [3.8, 4) is 0 Å². The van der Waals surface area contributed by atoms with Crippen molar-refractivity contribution in [1.82, 2.24) is 0 Å². The summed E-state index contributed by atoms with van der Waals surface area (Å²) in [5.41, 5.74) is 8.61. The van der Waals surface area contributed by atoms with Crippen LogP contribution in [-0.2, 0) is 0 Å². The van der Waals surface area contributed by atoms with E-state index < -0.39 is 0 Å². The predicted molar refractivity (Wildman–Crippen MR) is 85.1 cm³/mol. The topological polar surface area (TPSA) is 12.4 Å². The molecule has 1 aliphatic carbocycles. The molecule has 0 fully saturated rings. The molecule has 0 saturated heterocycles. The summed E-state index contributed by atoms with van der Waals surface area (Å²) in [5.74, 6) is 0. The predicted octanol–water partition coefficient (Wildman–Crippen LogP) is 5.29. The van der Waals surface area contributed by atoms with E-state index in [0.717, 1.165) is 0 Å². The van der Waals surface area contributed by atoms with Gasteiger partial charge in [0.15, 0.2) is 0 Å². The minimum absolute atomic E-state index is 0.161. The average Bonchev–Trinajstić information content (AvgIpc) is 3.22. The van der Waals surface area contributed by atoms with Gasteiger partial charge in [-0.1, -0.05) is 41.5 Å². The Morgan fingerprint density at radius 1 is 0.895 bits per heavy atom. The third-order valence-electron chi connectivity index (χ3n) is 4.96. The smallest absolute Gasteiger partial charge is 0.0937 e. The third-order valence-corrected chi connectivity index (χ3v) is 7.45. The SMILES string of the molecule is CC1=C(C)C(C)(P2N=C2c2ccccc2)C(C)=C1C. The molecule has 2 heteroatoms. The molecule has 19 heavy (non-hydrogen) atoms. The fourth-order valence-corrected chi connectivity index (χ4v) is 5.43. The van der Waals surface area contributed by atoms with E-state index in [4.69, 9.17) is 4.76 Å². The van der Waals surface area contributed by atoms with Crippen molar-refractivity contribution >= 4 is 13.5 Å². The molecule has 3 rings (SSSR count). The van der Waals surface area contributed by atoms with Gasteiger partial charge in [0.1, 0.15) is 0 Å². The van der Waals surface area contributed by atoms with Crippen LogP contribution in [-0.4, -0.2) is 10.6 Å². The molecule has 1 aliphatic heterocycles. The van der Waals surface area contributed by atoms with E-state index >= 15 is 0 Å². The quantitative estimate of drug-likeness (QED) is 0.647. The fraction of sp³-hybridized carbons (Fsp3) is 0.353. The fourth-order valence-electron chi connectivity index (χ4n) is 3.04. The minimum Gasteiger partial charge on any atom is -0.251 e. The summed E-state index contributed by atoms with van der Waals surface area (Å²) in [5, 5.41) is 0.161. The zero-order valence-electron chi connectivity index (χ0n) is 12.3. The molecule has 0 radical (unpaired) electrons. The molecule has 1 aromatic rings. The van der Waals surface area contributed by atoms with Crippen molar-refractivity contribution in [1.29, 1.82) is 0 Å². The highest BCUT2D eigenvalue weighted by molar-refractivity contribution is 7.84. The van der Waals surface area contributed by atoms with Gasteiger partial charge in [-0.25, -0.2) is 0 Å². The molecule has 0 saturated carbocycles. The van der Waals surface area contributed by atoms with Gasteiger partial charge in [0.2, 0.25) is 0 Å². The van der Waals surface area contributed by atoms with E-state index in [1.54, 1.807) is 0 Å². The molecular formula is C17H20NP. The molecule has 1 nitrogen and oxygen atoms in total. The maximum absolute atomic E-state index is 4.86. The van der Waals surface area contributed by atoms with Crippen LogP contribution in [0.5, 0.6) is 0 Å². The van der Waals surface area contributed by atoms with Crippen LogP contribution in [0, 0.1) is 0 Å². The molecule has 98 valence electrons. The summed E-state index contributed by atoms with van der Waals surface area (Å²) in [6, 6.07) is 10.6. The normalized spacial score (nSPS) is 24.9. The summed E-state index contributed by atoms with van der Waals surface area (Å²) in [7, 11) is -0.379. The lowest BCUT2D eigenvalue weighted by atomic mass is 9.98. The Bertz CT molecular complexity index is 610. The number of hydrogen-bond acceptors (Lipinski definition) is 1. The molecule has 1 aromatic carbocycles. The van der Waals surface area contributed by atoms with Gasteiger partial charge in [-0.2, -0.15) is 0 Å². The minimum atomic E-state index is -0.379. The second kappa shape index (κ2) is 4.15. The molecular weight excluding hydrogens is 249 g/mol. The van der Waals surface area contributed by atoms with Gasteiger partial charge >= 0.3 is 0 Å². The van der Waals surface area contributed by atoms with Crippen LogP contribution < -0.4 is 0 Å². The maximum atomic E-state index is 4.86. The van der Waals surface area contributed by atoms with E-state index in [2.05, 4.69) is 65.0 Å². The molecule has 1 unspecified atom stereocenters. The first-order valence-corrected chi connectivity index (χ1v) is 8.08. The van der Waals surface area contributed by atoms with Crippen LogP contribution in [0.4, 0.5) is 0 Å². The Labute approximate surface area is 117 Å². The zero-order chi connectivity index (χ0) is 13.8. The van der Waals surface area contributed by atoms with Crippen molar-refractivity contribution in [2.75, 3.05) is 0 Å². The molecule has 0 N–H and O–H groups in total. The summed E-state index contributed by atoms with van der Waals surface area (Å²) < 4.78 is 4.86. The highest BCUT2D eigenvalue weighted by atomic mass is 31.1. The first-order valence-electron chi connectivity index (χ1n) is 6.78. The lowest BCUT2D eigenvalue weighted by molar-refractivity contribution is 0.866. The summed E-state index contributed by atoms with van der Waals surface area (Å²) in [6.07, 6.45) is 0. The molecule has 2 aliphatic rings. The maximum Gasteiger partial charge on any atom is 0.0937 e. The molecule has 0 bridgehead atoms. The monoisotopic (exact) mass is 269 g/mol. The zero-order valence-corrected chi connectivity index (χ0v) is 13.2. The highest BCUT2D eigenvalue weighted by Crippen LogP contribution is 2.71. The largest absolute Gasteiger partial charge is 0.251 e. The summed E-state index contributed by atoms with van der Waals surface area (Å²) in [6.45, 7) is 11.5. The summed E-state index contributed by atoms with van der Waals surface area (Å²) in [4.78, 5) is 0. The first-order chi connectivity index (χ1) is 8.98. The third kappa shape index (κ3) is 1.68. The van der Waals surface area contributed by atoms with E-state index in [1.807, 2.05) is 0 Å². The van der Waals surface area contributed by atoms with E-state index in [0.29, 0.717) is 0 Å². The van der Waals surface area contributed by atoms with E-state index in [-0.39, 0.29) is 13.2 Å². The molecule has 1 heterocycles. The van der Waals surface area contributed by atoms with Crippen LogP contribution in [0.1, 0.15) is 40.2 Å². The van der Waals surface area contributed by atoms with Crippen LogP contribution in [0.2, 0.25) is 0 Å². The van der Waals surface area contributed by atoms with Gasteiger partial charge in [0.05, 0.1) is 18.7 Å². The molecule has 0 aromatic heterocycles. The number of benzene rings is 1. The lowest BCUT2D eigenvalue weighted by Gasteiger charge is -2.28. The van der Waals surface area contributed by atoms with Crippen LogP contribution in [0.3, 0.4) is 0 Å². The van der Waals surface area contributed by atoms with Gasteiger partial charge in [0.25, 0.3) is 0 Å². The van der Waals surface area contributed by atoms with Crippen molar-refractivity contribution in [3.63, 3.8) is 0 Å².